The van der Waals surface area contributed by atoms with Gasteiger partial charge in [0.2, 0.25) is 5.91 Å². The molecule has 5 heteroatoms. The molecule has 25 heavy (non-hydrogen) atoms. The molecule has 0 saturated carbocycles. The van der Waals surface area contributed by atoms with Crippen molar-refractivity contribution in [2.75, 3.05) is 17.2 Å². The Morgan fingerprint density at radius 3 is 2.08 bits per heavy atom. The van der Waals surface area contributed by atoms with Gasteiger partial charge in [-0.05, 0) is 43.2 Å². The number of carbonyl (C=O) groups is 2. The quantitative estimate of drug-likeness (QED) is 0.720. The summed E-state index contributed by atoms with van der Waals surface area (Å²) < 4.78 is 0. The Morgan fingerprint density at radius 1 is 0.920 bits per heavy atom. The number of benzene rings is 2. The molecule has 5 nitrogen and oxygen atoms in total. The van der Waals surface area contributed by atoms with Crippen molar-refractivity contribution in [2.45, 2.75) is 26.7 Å². The molecular weight excluding hydrogens is 314 g/mol. The Kier molecular flexibility index (Phi) is 6.31. The summed E-state index contributed by atoms with van der Waals surface area (Å²) in [5.74, 6) is -0.283. The summed E-state index contributed by atoms with van der Waals surface area (Å²) in [5, 5.41) is 5.76. The summed E-state index contributed by atoms with van der Waals surface area (Å²) in [4.78, 5) is 24.8. The topological polar surface area (TPSA) is 84.2 Å². The minimum atomic E-state index is -0.566. The molecule has 0 spiro atoms. The molecule has 0 bridgehead atoms. The van der Waals surface area contributed by atoms with E-state index in [1.165, 1.54) is 0 Å². The number of hydrogen-bond donors (Lipinski definition) is 3. The van der Waals surface area contributed by atoms with Crippen LogP contribution in [0.15, 0.2) is 54.6 Å². The van der Waals surface area contributed by atoms with E-state index in [-0.39, 0.29) is 11.8 Å². The molecule has 0 radical (unpaired) electrons. The molecule has 2 aromatic carbocycles. The van der Waals surface area contributed by atoms with Gasteiger partial charge in [-0.3, -0.25) is 9.59 Å². The lowest BCUT2D eigenvalue weighted by molar-refractivity contribution is -0.125. The van der Waals surface area contributed by atoms with E-state index in [4.69, 9.17) is 5.73 Å². The normalized spacial score (nSPS) is 11.0. The highest BCUT2D eigenvalue weighted by atomic mass is 16.2. The fourth-order valence-corrected chi connectivity index (χ4v) is 2.68. The average Bonchev–Trinajstić information content (AvgIpc) is 2.64. The Balaban J connectivity index is 2.11. The molecule has 2 rings (SSSR count). The first-order chi connectivity index (χ1) is 12.0. The van der Waals surface area contributed by atoms with E-state index in [9.17, 15) is 9.59 Å². The van der Waals surface area contributed by atoms with Crippen molar-refractivity contribution in [3.63, 3.8) is 0 Å². The van der Waals surface area contributed by atoms with Gasteiger partial charge in [0, 0.05) is 23.5 Å². The van der Waals surface area contributed by atoms with E-state index >= 15 is 0 Å². The SMILES string of the molecule is CCC(CC)(CN)C(=O)Nc1cccc(NC(=O)c2ccccc2)c1. The second-order valence-corrected chi connectivity index (χ2v) is 6.05. The molecule has 2 amide bonds. The van der Waals surface area contributed by atoms with E-state index in [0.717, 1.165) is 0 Å². The molecule has 0 saturated heterocycles. The standard InChI is InChI=1S/C20H25N3O2/c1-3-20(4-2,14-21)19(25)23-17-12-8-11-16(13-17)22-18(24)15-9-6-5-7-10-15/h5-13H,3-4,14,21H2,1-2H3,(H,22,24)(H,23,25). The monoisotopic (exact) mass is 339 g/mol. The zero-order valence-electron chi connectivity index (χ0n) is 14.7. The van der Waals surface area contributed by atoms with Crippen LogP contribution in [0.4, 0.5) is 11.4 Å². The Bertz CT molecular complexity index is 716. The molecule has 0 aliphatic rings. The van der Waals surface area contributed by atoms with Gasteiger partial charge in [-0.2, -0.15) is 0 Å². The molecule has 0 aliphatic heterocycles. The van der Waals surface area contributed by atoms with Crippen LogP contribution >= 0.6 is 0 Å². The lowest BCUT2D eigenvalue weighted by Crippen LogP contribution is -2.41. The summed E-state index contributed by atoms with van der Waals surface area (Å²) in [6.07, 6.45) is 1.35. The van der Waals surface area contributed by atoms with Gasteiger partial charge in [0.25, 0.3) is 5.91 Å². The zero-order valence-corrected chi connectivity index (χ0v) is 14.7. The van der Waals surface area contributed by atoms with Gasteiger partial charge in [-0.15, -0.1) is 0 Å². The molecule has 2 aromatic rings. The van der Waals surface area contributed by atoms with Gasteiger partial charge in [0.15, 0.2) is 0 Å². The van der Waals surface area contributed by atoms with Crippen LogP contribution in [0.2, 0.25) is 0 Å². The Labute approximate surface area is 148 Å². The molecule has 0 aromatic heterocycles. The van der Waals surface area contributed by atoms with Crippen LogP contribution in [0.1, 0.15) is 37.0 Å². The van der Waals surface area contributed by atoms with Crippen LogP contribution in [0, 0.1) is 5.41 Å². The highest BCUT2D eigenvalue weighted by molar-refractivity contribution is 6.04. The average molecular weight is 339 g/mol. The van der Waals surface area contributed by atoms with Crippen molar-refractivity contribution in [3.8, 4) is 0 Å². The largest absolute Gasteiger partial charge is 0.329 e. The highest BCUT2D eigenvalue weighted by Gasteiger charge is 2.33. The summed E-state index contributed by atoms with van der Waals surface area (Å²) in [7, 11) is 0. The van der Waals surface area contributed by atoms with Crippen LogP contribution in [-0.4, -0.2) is 18.4 Å². The lowest BCUT2D eigenvalue weighted by atomic mass is 9.81. The lowest BCUT2D eigenvalue weighted by Gasteiger charge is -2.28. The van der Waals surface area contributed by atoms with E-state index < -0.39 is 5.41 Å². The van der Waals surface area contributed by atoms with Crippen molar-refractivity contribution in [2.24, 2.45) is 11.1 Å². The molecule has 0 unspecified atom stereocenters. The second kappa shape index (κ2) is 8.44. The summed E-state index contributed by atoms with van der Waals surface area (Å²) in [5.41, 5.74) is 7.10. The molecule has 0 heterocycles. The molecule has 0 fully saturated rings. The third-order valence-electron chi connectivity index (χ3n) is 4.64. The van der Waals surface area contributed by atoms with Crippen LogP contribution < -0.4 is 16.4 Å². The highest BCUT2D eigenvalue weighted by Crippen LogP contribution is 2.27. The van der Waals surface area contributed by atoms with Crippen LogP contribution in [0.5, 0.6) is 0 Å². The predicted octanol–water partition coefficient (Wildman–Crippen LogP) is 3.64. The van der Waals surface area contributed by atoms with Crippen molar-refractivity contribution in [3.05, 3.63) is 60.2 Å². The maximum absolute atomic E-state index is 12.6. The molecule has 4 N–H and O–H groups in total. The Morgan fingerprint density at radius 2 is 1.52 bits per heavy atom. The van der Waals surface area contributed by atoms with Crippen molar-refractivity contribution in [1.29, 1.82) is 0 Å². The molecular formula is C20H25N3O2. The minimum absolute atomic E-state index is 0.0912. The van der Waals surface area contributed by atoms with Crippen molar-refractivity contribution < 1.29 is 9.59 Å². The van der Waals surface area contributed by atoms with Gasteiger partial charge in [-0.25, -0.2) is 0 Å². The van der Waals surface area contributed by atoms with Crippen molar-refractivity contribution in [1.82, 2.24) is 0 Å². The van der Waals surface area contributed by atoms with Gasteiger partial charge in [0.05, 0.1) is 5.41 Å². The van der Waals surface area contributed by atoms with E-state index in [1.54, 1.807) is 36.4 Å². The summed E-state index contributed by atoms with van der Waals surface area (Å²) in [6.45, 7) is 4.23. The zero-order chi connectivity index (χ0) is 18.3. The first-order valence-electron chi connectivity index (χ1n) is 8.52. The van der Waals surface area contributed by atoms with Gasteiger partial charge >= 0.3 is 0 Å². The van der Waals surface area contributed by atoms with Crippen LogP contribution in [0.3, 0.4) is 0 Å². The minimum Gasteiger partial charge on any atom is -0.329 e. The van der Waals surface area contributed by atoms with Crippen molar-refractivity contribution >= 4 is 23.2 Å². The van der Waals surface area contributed by atoms with Gasteiger partial charge in [0.1, 0.15) is 0 Å². The smallest absolute Gasteiger partial charge is 0.255 e. The molecule has 0 atom stereocenters. The number of carbonyl (C=O) groups excluding carboxylic acids is 2. The summed E-state index contributed by atoms with van der Waals surface area (Å²) >= 11 is 0. The maximum Gasteiger partial charge on any atom is 0.255 e. The van der Waals surface area contributed by atoms with E-state index in [2.05, 4.69) is 10.6 Å². The first-order valence-corrected chi connectivity index (χ1v) is 8.52. The number of anilines is 2. The fraction of sp³-hybridized carbons (Fsp3) is 0.300. The fourth-order valence-electron chi connectivity index (χ4n) is 2.68. The third kappa shape index (κ3) is 4.45. The maximum atomic E-state index is 12.6. The van der Waals surface area contributed by atoms with Gasteiger partial charge < -0.3 is 16.4 Å². The number of amides is 2. The van der Waals surface area contributed by atoms with Crippen LogP contribution in [-0.2, 0) is 4.79 Å². The first kappa shape index (κ1) is 18.7. The Hall–Kier alpha value is -2.66. The number of nitrogens with one attached hydrogen (secondary N) is 2. The molecule has 132 valence electrons. The predicted molar refractivity (Wildman–Crippen MR) is 102 cm³/mol. The summed E-state index contributed by atoms with van der Waals surface area (Å²) in [6, 6.07) is 16.1. The van der Waals surface area contributed by atoms with E-state index in [1.807, 2.05) is 32.0 Å². The van der Waals surface area contributed by atoms with Gasteiger partial charge in [-0.1, -0.05) is 38.1 Å². The number of hydrogen-bond acceptors (Lipinski definition) is 3. The second-order valence-electron chi connectivity index (χ2n) is 6.05. The number of nitrogens with two attached hydrogens (primary N) is 1. The van der Waals surface area contributed by atoms with E-state index in [0.29, 0.717) is 36.3 Å². The van der Waals surface area contributed by atoms with Crippen LogP contribution in [0.25, 0.3) is 0 Å². The third-order valence-corrected chi connectivity index (χ3v) is 4.64. The molecule has 0 aliphatic carbocycles. The number of rotatable bonds is 7.